The van der Waals surface area contributed by atoms with Crippen LogP contribution >= 0.6 is 12.1 Å². The summed E-state index contributed by atoms with van der Waals surface area (Å²) < 4.78 is 39.1. The second-order valence-corrected chi connectivity index (χ2v) is 11.4. The molecule has 2 fully saturated rings. The van der Waals surface area contributed by atoms with E-state index in [-0.39, 0.29) is 11.3 Å². The molecule has 1 unspecified atom stereocenters. The highest BCUT2D eigenvalue weighted by Crippen LogP contribution is 2.56. The molecule has 2 heterocycles. The predicted octanol–water partition coefficient (Wildman–Crippen LogP) is 7.92. The van der Waals surface area contributed by atoms with Gasteiger partial charge in [-0.1, -0.05) is 26.7 Å². The maximum atomic E-state index is 14.8. The van der Waals surface area contributed by atoms with Crippen molar-refractivity contribution < 1.29 is 13.5 Å². The molecule has 38 heavy (non-hydrogen) atoms. The molecule has 6 nitrogen and oxygen atoms in total. The lowest BCUT2D eigenvalue weighted by Crippen LogP contribution is -2.36. The van der Waals surface area contributed by atoms with E-state index in [1.165, 1.54) is 49.9 Å². The number of hydrogen-bond donors (Lipinski definition) is 1. The zero-order valence-corrected chi connectivity index (χ0v) is 22.7. The van der Waals surface area contributed by atoms with Crippen molar-refractivity contribution in [1.29, 1.82) is 5.26 Å². The Morgan fingerprint density at radius 1 is 1.18 bits per heavy atom. The Morgan fingerprint density at radius 3 is 2.66 bits per heavy atom. The molecule has 1 saturated carbocycles. The Labute approximate surface area is 227 Å². The lowest BCUT2D eigenvalue weighted by molar-refractivity contribution is 0.0734. The molecule has 1 atom stereocenters. The SMILES string of the molecule is CCCC1(CCC)CC(c2cnc3ccc(Oc4c(F)ccc(NSN5CCC(F)C5)c4C#N)cc3n2)C1. The molecule has 1 aromatic heterocycles. The molecular weight excluding hydrogens is 504 g/mol. The summed E-state index contributed by atoms with van der Waals surface area (Å²) >= 11 is 1.21. The molecule has 2 aromatic carbocycles. The number of benzene rings is 2. The summed E-state index contributed by atoms with van der Waals surface area (Å²) in [6.07, 6.45) is 8.68. The van der Waals surface area contributed by atoms with Crippen LogP contribution < -0.4 is 9.46 Å². The highest BCUT2D eigenvalue weighted by Gasteiger charge is 2.43. The second kappa shape index (κ2) is 11.4. The van der Waals surface area contributed by atoms with Crippen LogP contribution in [-0.4, -0.2) is 33.5 Å². The summed E-state index contributed by atoms with van der Waals surface area (Å²) in [5.74, 6) is -0.0152. The average Bonchev–Trinajstić information content (AvgIpc) is 3.32. The van der Waals surface area contributed by atoms with Crippen LogP contribution in [0.5, 0.6) is 11.5 Å². The lowest BCUT2D eigenvalue weighted by Gasteiger charge is -2.48. The highest BCUT2D eigenvalue weighted by molar-refractivity contribution is 7.98. The molecule has 2 aliphatic rings. The van der Waals surface area contributed by atoms with E-state index in [1.807, 2.05) is 10.5 Å². The first-order chi connectivity index (χ1) is 18.4. The first kappa shape index (κ1) is 26.6. The summed E-state index contributed by atoms with van der Waals surface area (Å²) in [4.78, 5) is 9.51. The topological polar surface area (TPSA) is 74.1 Å². The van der Waals surface area contributed by atoms with E-state index < -0.39 is 12.0 Å². The number of nitrogens with one attached hydrogen (secondary N) is 1. The largest absolute Gasteiger partial charge is 0.453 e. The number of nitriles is 1. The predicted molar refractivity (Wildman–Crippen MR) is 147 cm³/mol. The lowest BCUT2D eigenvalue weighted by atomic mass is 9.57. The van der Waals surface area contributed by atoms with Gasteiger partial charge >= 0.3 is 0 Å². The van der Waals surface area contributed by atoms with Crippen LogP contribution in [0.25, 0.3) is 11.0 Å². The van der Waals surface area contributed by atoms with Gasteiger partial charge in [-0.15, -0.1) is 0 Å². The molecule has 0 spiro atoms. The van der Waals surface area contributed by atoms with E-state index in [9.17, 15) is 14.0 Å². The molecule has 3 aromatic rings. The van der Waals surface area contributed by atoms with Gasteiger partial charge in [0.2, 0.25) is 0 Å². The second-order valence-electron chi connectivity index (χ2n) is 10.5. The zero-order valence-electron chi connectivity index (χ0n) is 21.8. The van der Waals surface area contributed by atoms with Crippen LogP contribution in [0.1, 0.15) is 76.0 Å². The van der Waals surface area contributed by atoms with Crippen molar-refractivity contribution in [1.82, 2.24) is 14.3 Å². The maximum absolute atomic E-state index is 14.8. The maximum Gasteiger partial charge on any atom is 0.182 e. The molecule has 1 N–H and O–H groups in total. The molecule has 0 bridgehead atoms. The van der Waals surface area contributed by atoms with E-state index in [0.29, 0.717) is 47.8 Å². The zero-order chi connectivity index (χ0) is 26.7. The fraction of sp³-hybridized carbons (Fsp3) is 0.483. The van der Waals surface area contributed by atoms with Crippen molar-refractivity contribution in [2.75, 3.05) is 17.8 Å². The normalized spacial score (nSPS) is 19.3. The summed E-state index contributed by atoms with van der Waals surface area (Å²) in [7, 11) is 0. The molecule has 0 amide bonds. The number of nitrogens with zero attached hydrogens (tertiary/aromatic N) is 4. The molecule has 1 aliphatic carbocycles. The van der Waals surface area contributed by atoms with Gasteiger partial charge in [0.05, 0.1) is 22.4 Å². The minimum absolute atomic E-state index is 0.0473. The van der Waals surface area contributed by atoms with Crippen molar-refractivity contribution >= 4 is 28.9 Å². The fourth-order valence-corrected chi connectivity index (χ4v) is 6.74. The number of aromatic nitrogens is 2. The van der Waals surface area contributed by atoms with Crippen LogP contribution in [0.15, 0.2) is 36.5 Å². The number of fused-ring (bicyclic) bond motifs is 1. The smallest absolute Gasteiger partial charge is 0.182 e. The Hall–Kier alpha value is -2.96. The quantitative estimate of drug-likeness (QED) is 0.263. The number of alkyl halides is 1. The fourth-order valence-electron chi connectivity index (χ4n) is 5.91. The molecule has 9 heteroatoms. The van der Waals surface area contributed by atoms with Gasteiger partial charge in [0.25, 0.3) is 0 Å². The van der Waals surface area contributed by atoms with Crippen molar-refractivity contribution in [3.63, 3.8) is 0 Å². The summed E-state index contributed by atoms with van der Waals surface area (Å²) in [6.45, 7) is 5.41. The molecule has 1 aliphatic heterocycles. The monoisotopic (exact) mass is 537 g/mol. The Bertz CT molecular complexity index is 1330. The third-order valence-corrected chi connectivity index (χ3v) is 8.59. The average molecular weight is 538 g/mol. The summed E-state index contributed by atoms with van der Waals surface area (Å²) in [6, 6.07) is 10.0. The van der Waals surface area contributed by atoms with Gasteiger partial charge in [-0.05, 0) is 61.8 Å². The number of rotatable bonds is 10. The Balaban J connectivity index is 1.34. The minimum atomic E-state index is -0.858. The van der Waals surface area contributed by atoms with Crippen molar-refractivity contribution in [3.8, 4) is 17.6 Å². The van der Waals surface area contributed by atoms with E-state index in [0.717, 1.165) is 24.1 Å². The van der Waals surface area contributed by atoms with Crippen LogP contribution in [0.2, 0.25) is 0 Å². The van der Waals surface area contributed by atoms with Crippen molar-refractivity contribution in [2.45, 2.75) is 70.9 Å². The van der Waals surface area contributed by atoms with Gasteiger partial charge in [0.1, 0.15) is 23.6 Å². The van der Waals surface area contributed by atoms with Gasteiger partial charge in [0, 0.05) is 43.4 Å². The first-order valence-electron chi connectivity index (χ1n) is 13.4. The van der Waals surface area contributed by atoms with E-state index in [4.69, 9.17) is 9.72 Å². The van der Waals surface area contributed by atoms with Crippen LogP contribution in [0.4, 0.5) is 14.5 Å². The van der Waals surface area contributed by atoms with E-state index >= 15 is 0 Å². The number of hydrogen-bond acceptors (Lipinski definition) is 7. The van der Waals surface area contributed by atoms with Gasteiger partial charge in [-0.3, -0.25) is 4.98 Å². The van der Waals surface area contributed by atoms with Crippen LogP contribution in [0, 0.1) is 22.6 Å². The van der Waals surface area contributed by atoms with E-state index in [1.54, 1.807) is 18.2 Å². The highest BCUT2D eigenvalue weighted by atomic mass is 32.2. The van der Waals surface area contributed by atoms with Gasteiger partial charge in [-0.25, -0.2) is 18.1 Å². The van der Waals surface area contributed by atoms with Crippen LogP contribution in [-0.2, 0) is 0 Å². The van der Waals surface area contributed by atoms with Gasteiger partial charge in [-0.2, -0.15) is 5.26 Å². The van der Waals surface area contributed by atoms with Crippen LogP contribution in [0.3, 0.4) is 0 Å². The number of halogens is 2. The summed E-state index contributed by atoms with van der Waals surface area (Å²) in [5, 5.41) is 9.82. The standard InChI is InChI=1S/C29H33F2N5OS/c1-3-10-29(11-4-2)14-19(15-29)27-17-33-25-7-5-21(13-26(25)34-27)37-28-22(16-32)24(8-6-23(28)31)35-38-36-12-9-20(30)18-36/h5-8,13,17,19-20,35H,3-4,9-12,14-15,18H2,1-2H3. The summed E-state index contributed by atoms with van der Waals surface area (Å²) in [5.41, 5.74) is 3.29. The minimum Gasteiger partial charge on any atom is -0.453 e. The molecule has 200 valence electrons. The molecule has 1 saturated heterocycles. The molecular formula is C29H33F2N5OS. The Kier molecular flexibility index (Phi) is 8.01. The van der Waals surface area contributed by atoms with E-state index in [2.05, 4.69) is 29.6 Å². The van der Waals surface area contributed by atoms with Crippen molar-refractivity contribution in [3.05, 3.63) is 53.6 Å². The number of anilines is 1. The third-order valence-electron chi connectivity index (χ3n) is 7.69. The molecule has 5 rings (SSSR count). The van der Waals surface area contributed by atoms with Gasteiger partial charge < -0.3 is 9.46 Å². The van der Waals surface area contributed by atoms with Crippen molar-refractivity contribution in [2.24, 2.45) is 5.41 Å². The molecule has 0 radical (unpaired) electrons. The Morgan fingerprint density at radius 2 is 1.97 bits per heavy atom. The van der Waals surface area contributed by atoms with Gasteiger partial charge in [0.15, 0.2) is 11.6 Å². The first-order valence-corrected chi connectivity index (χ1v) is 14.2. The number of ether oxygens (including phenoxy) is 1. The third kappa shape index (κ3) is 5.57.